The van der Waals surface area contributed by atoms with Gasteiger partial charge in [-0.3, -0.25) is 9.89 Å². The lowest BCUT2D eigenvalue weighted by Crippen LogP contribution is -2.42. The number of aromatic nitrogens is 1. The molecule has 1 unspecified atom stereocenters. The van der Waals surface area contributed by atoms with E-state index in [0.29, 0.717) is 12.5 Å². The monoisotopic (exact) mass is 401 g/mol. The third kappa shape index (κ3) is 5.63. The van der Waals surface area contributed by atoms with E-state index in [1.807, 2.05) is 13.0 Å². The van der Waals surface area contributed by atoms with Gasteiger partial charge in [-0.1, -0.05) is 19.0 Å². The predicted octanol–water partition coefficient (Wildman–Crippen LogP) is 3.98. The number of nitrogens with one attached hydrogen (secondary N) is 2. The zero-order valence-corrected chi connectivity index (χ0v) is 18.2. The van der Waals surface area contributed by atoms with Crippen molar-refractivity contribution in [3.63, 3.8) is 0 Å². The molecule has 3 heterocycles. The van der Waals surface area contributed by atoms with E-state index >= 15 is 0 Å². The highest BCUT2D eigenvalue weighted by Gasteiger charge is 2.26. The molecule has 1 atom stereocenters. The smallest absolute Gasteiger partial charge is 0.191 e. The molecule has 1 aliphatic rings. The van der Waals surface area contributed by atoms with Crippen LogP contribution >= 0.6 is 0 Å². The third-order valence-electron chi connectivity index (χ3n) is 5.77. The van der Waals surface area contributed by atoms with Crippen LogP contribution in [0.5, 0.6) is 0 Å². The minimum atomic E-state index is 0.205. The molecule has 0 amide bonds. The average Bonchev–Trinajstić information content (AvgIpc) is 3.48. The zero-order valence-electron chi connectivity index (χ0n) is 18.2. The summed E-state index contributed by atoms with van der Waals surface area (Å²) in [6, 6.07) is 6.38. The summed E-state index contributed by atoms with van der Waals surface area (Å²) in [6.45, 7) is 9.87. The van der Waals surface area contributed by atoms with Crippen LogP contribution in [0.3, 0.4) is 0 Å². The molecule has 0 radical (unpaired) electrons. The minimum absolute atomic E-state index is 0.205. The first-order valence-electron chi connectivity index (χ1n) is 10.8. The van der Waals surface area contributed by atoms with Crippen LogP contribution in [0.15, 0.2) is 32.1 Å². The molecule has 7 nitrogen and oxygen atoms in total. The van der Waals surface area contributed by atoms with Crippen LogP contribution in [0.2, 0.25) is 0 Å². The highest BCUT2D eigenvalue weighted by Crippen LogP contribution is 2.26. The Morgan fingerprint density at radius 2 is 1.97 bits per heavy atom. The van der Waals surface area contributed by atoms with Crippen molar-refractivity contribution in [2.75, 3.05) is 26.7 Å². The molecule has 2 aromatic heterocycles. The lowest BCUT2D eigenvalue weighted by molar-refractivity contribution is 0.213. The third-order valence-corrected chi connectivity index (χ3v) is 5.77. The van der Waals surface area contributed by atoms with Crippen molar-refractivity contribution in [2.45, 2.75) is 65.0 Å². The maximum atomic E-state index is 5.93. The summed E-state index contributed by atoms with van der Waals surface area (Å²) in [5.41, 5.74) is 1.04. The molecule has 29 heavy (non-hydrogen) atoms. The molecule has 0 bridgehead atoms. The fourth-order valence-corrected chi connectivity index (χ4v) is 3.99. The summed E-state index contributed by atoms with van der Waals surface area (Å²) < 4.78 is 11.4. The minimum Gasteiger partial charge on any atom is -0.465 e. The van der Waals surface area contributed by atoms with Crippen molar-refractivity contribution < 1.29 is 8.94 Å². The Balaban J connectivity index is 1.56. The Hall–Kier alpha value is -2.28. The molecule has 1 saturated heterocycles. The molecule has 2 N–H and O–H groups in total. The van der Waals surface area contributed by atoms with Gasteiger partial charge in [0.25, 0.3) is 0 Å². The summed E-state index contributed by atoms with van der Waals surface area (Å²) in [6.07, 6.45) is 4.63. The number of aliphatic imine (C=N–C) groups is 1. The molecule has 0 aliphatic carbocycles. The van der Waals surface area contributed by atoms with E-state index in [0.717, 1.165) is 61.4 Å². The predicted molar refractivity (Wildman–Crippen MR) is 115 cm³/mol. The summed E-state index contributed by atoms with van der Waals surface area (Å²) in [5.74, 6) is 4.00. The first kappa shape index (κ1) is 21.4. The number of nitrogens with zero attached hydrogens (tertiary/aromatic N) is 3. The molecule has 1 aliphatic heterocycles. The topological polar surface area (TPSA) is 78.8 Å². The average molecular weight is 402 g/mol. The van der Waals surface area contributed by atoms with Gasteiger partial charge in [-0.15, -0.1) is 0 Å². The van der Waals surface area contributed by atoms with E-state index in [1.165, 1.54) is 12.8 Å². The second kappa shape index (κ2) is 10.5. The first-order valence-corrected chi connectivity index (χ1v) is 10.8. The van der Waals surface area contributed by atoms with Gasteiger partial charge in [0.05, 0.1) is 18.3 Å². The van der Waals surface area contributed by atoms with Gasteiger partial charge in [0.1, 0.15) is 11.5 Å². The number of aryl methyl sites for hydroxylation is 1. The molecule has 1 fully saturated rings. The Kier molecular flexibility index (Phi) is 7.75. The van der Waals surface area contributed by atoms with E-state index in [1.54, 1.807) is 7.05 Å². The molecule has 2 aromatic rings. The highest BCUT2D eigenvalue weighted by atomic mass is 16.5. The van der Waals surface area contributed by atoms with Gasteiger partial charge in [0, 0.05) is 25.6 Å². The number of hydrogen-bond donors (Lipinski definition) is 2. The summed E-state index contributed by atoms with van der Waals surface area (Å²) in [7, 11) is 1.78. The standard InChI is InChI=1S/C22H35N5O2/c1-5-17(6-2)19-13-18(29-26-19)14-24-22(23-4)25-15-20(27-11-7-8-12-27)21-10-9-16(3)28-21/h9-10,13,17,20H,5-8,11-12,14-15H2,1-4H3,(H2,23,24,25). The quantitative estimate of drug-likeness (QED) is 0.489. The fraction of sp³-hybridized carbons (Fsp3) is 0.636. The number of likely N-dealkylation sites (tertiary alicyclic amines) is 1. The van der Waals surface area contributed by atoms with Crippen molar-refractivity contribution in [3.05, 3.63) is 41.2 Å². The largest absolute Gasteiger partial charge is 0.465 e. The van der Waals surface area contributed by atoms with Gasteiger partial charge in [-0.25, -0.2) is 0 Å². The Morgan fingerprint density at radius 1 is 1.21 bits per heavy atom. The number of hydrogen-bond acceptors (Lipinski definition) is 5. The SMILES string of the molecule is CCC(CC)c1cc(CNC(=NC)NCC(c2ccc(C)o2)N2CCCC2)on1. The fourth-order valence-electron chi connectivity index (χ4n) is 3.99. The Labute approximate surface area is 173 Å². The van der Waals surface area contributed by atoms with Crippen molar-refractivity contribution in [1.82, 2.24) is 20.7 Å². The van der Waals surface area contributed by atoms with Crippen LogP contribution in [0.4, 0.5) is 0 Å². The van der Waals surface area contributed by atoms with Gasteiger partial charge in [0.15, 0.2) is 11.7 Å². The van der Waals surface area contributed by atoms with Crippen molar-refractivity contribution >= 4 is 5.96 Å². The van der Waals surface area contributed by atoms with Crippen LogP contribution in [0, 0.1) is 6.92 Å². The maximum Gasteiger partial charge on any atom is 0.191 e. The molecule has 7 heteroatoms. The number of guanidine groups is 1. The normalized spacial score (nSPS) is 16.5. The molecular formula is C22H35N5O2. The summed E-state index contributed by atoms with van der Waals surface area (Å²) >= 11 is 0. The van der Waals surface area contributed by atoms with Crippen molar-refractivity contribution in [2.24, 2.45) is 4.99 Å². The molecule has 0 aromatic carbocycles. The maximum absolute atomic E-state index is 5.93. The summed E-state index contributed by atoms with van der Waals surface area (Å²) in [5, 5.41) is 11.0. The van der Waals surface area contributed by atoms with Crippen LogP contribution in [0.1, 0.15) is 74.5 Å². The highest BCUT2D eigenvalue weighted by molar-refractivity contribution is 5.79. The molecule has 0 spiro atoms. The van der Waals surface area contributed by atoms with E-state index in [4.69, 9.17) is 8.94 Å². The number of rotatable bonds is 9. The van der Waals surface area contributed by atoms with Crippen LogP contribution in [-0.4, -0.2) is 42.7 Å². The molecular weight excluding hydrogens is 366 g/mol. The first-order chi connectivity index (χ1) is 14.1. The van der Waals surface area contributed by atoms with E-state index in [-0.39, 0.29) is 6.04 Å². The van der Waals surface area contributed by atoms with Crippen LogP contribution in [0.25, 0.3) is 0 Å². The molecule has 3 rings (SSSR count). The van der Waals surface area contributed by atoms with Gasteiger partial charge < -0.3 is 19.6 Å². The second-order valence-corrected chi connectivity index (χ2v) is 7.75. The second-order valence-electron chi connectivity index (χ2n) is 7.75. The molecule has 160 valence electrons. The van der Waals surface area contributed by atoms with Gasteiger partial charge in [-0.2, -0.15) is 0 Å². The van der Waals surface area contributed by atoms with Gasteiger partial charge in [-0.05, 0) is 57.8 Å². The van der Waals surface area contributed by atoms with Crippen molar-refractivity contribution in [3.8, 4) is 0 Å². The van der Waals surface area contributed by atoms with E-state index < -0.39 is 0 Å². The van der Waals surface area contributed by atoms with E-state index in [9.17, 15) is 0 Å². The van der Waals surface area contributed by atoms with Crippen LogP contribution in [-0.2, 0) is 6.54 Å². The Morgan fingerprint density at radius 3 is 2.59 bits per heavy atom. The summed E-state index contributed by atoms with van der Waals surface area (Å²) in [4.78, 5) is 6.84. The van der Waals surface area contributed by atoms with Crippen LogP contribution < -0.4 is 10.6 Å². The molecule has 0 saturated carbocycles. The zero-order chi connectivity index (χ0) is 20.6. The van der Waals surface area contributed by atoms with Gasteiger partial charge >= 0.3 is 0 Å². The lowest BCUT2D eigenvalue weighted by Gasteiger charge is -2.26. The van der Waals surface area contributed by atoms with Crippen molar-refractivity contribution in [1.29, 1.82) is 0 Å². The van der Waals surface area contributed by atoms with Gasteiger partial charge in [0.2, 0.25) is 0 Å². The number of furan rings is 1. The Bertz CT molecular complexity index is 772. The van der Waals surface area contributed by atoms with E-state index in [2.05, 4.69) is 51.7 Å². The lowest BCUT2D eigenvalue weighted by atomic mass is 9.99.